The van der Waals surface area contributed by atoms with E-state index < -0.39 is 10.0 Å². The highest BCUT2D eigenvalue weighted by molar-refractivity contribution is 7.98. The van der Waals surface area contributed by atoms with Crippen LogP contribution in [-0.2, 0) is 15.8 Å². The van der Waals surface area contributed by atoms with Gasteiger partial charge in [0.1, 0.15) is 5.75 Å². The molecule has 0 bridgehead atoms. The van der Waals surface area contributed by atoms with Crippen molar-refractivity contribution >= 4 is 21.8 Å². The monoisotopic (exact) mass is 337 g/mol. The van der Waals surface area contributed by atoms with Crippen LogP contribution in [0.3, 0.4) is 0 Å². The lowest BCUT2D eigenvalue weighted by Gasteiger charge is -2.08. The molecule has 0 radical (unpaired) electrons. The Hall–Kier alpha value is -1.50. The van der Waals surface area contributed by atoms with Crippen LogP contribution >= 0.6 is 11.8 Å². The number of sulfonamides is 1. The van der Waals surface area contributed by atoms with Crippen LogP contribution in [0.4, 0.5) is 0 Å². The normalized spacial score (nSPS) is 11.4. The summed E-state index contributed by atoms with van der Waals surface area (Å²) in [5.41, 5.74) is 2.64. The summed E-state index contributed by atoms with van der Waals surface area (Å²) in [7, 11) is -3.64. The number of hydrogen-bond donors (Lipinski definition) is 1. The zero-order chi connectivity index (χ0) is 16.0. The molecule has 0 aliphatic heterocycles. The Kier molecular flexibility index (Phi) is 5.88. The van der Waals surface area contributed by atoms with E-state index in [1.54, 1.807) is 23.9 Å². The van der Waals surface area contributed by atoms with Crippen molar-refractivity contribution in [2.75, 3.05) is 12.4 Å². The Morgan fingerprint density at radius 2 is 1.77 bits per heavy atom. The number of thioether (sulfide) groups is 1. The molecule has 0 fully saturated rings. The predicted octanol–water partition coefficient (Wildman–Crippen LogP) is 2.95. The fourth-order valence-corrected chi connectivity index (χ4v) is 3.30. The van der Waals surface area contributed by atoms with E-state index in [-0.39, 0.29) is 4.90 Å². The number of primary sulfonamides is 1. The quantitative estimate of drug-likeness (QED) is 0.789. The third-order valence-corrected chi connectivity index (χ3v) is 5.07. The van der Waals surface area contributed by atoms with Crippen molar-refractivity contribution in [3.63, 3.8) is 0 Å². The molecular formula is C16H19NO3S2. The molecule has 118 valence electrons. The first-order valence-electron chi connectivity index (χ1n) is 6.85. The molecule has 0 aliphatic rings. The SMILES string of the molecule is Cc1ccccc1CSCCOc1ccc(S(N)(=O)=O)cc1. The molecule has 0 amide bonds. The average molecular weight is 337 g/mol. The van der Waals surface area contributed by atoms with E-state index in [4.69, 9.17) is 9.88 Å². The van der Waals surface area contributed by atoms with Crippen LogP contribution in [0.5, 0.6) is 5.75 Å². The molecule has 0 aliphatic carbocycles. The maximum atomic E-state index is 11.1. The highest BCUT2D eigenvalue weighted by Gasteiger charge is 2.06. The van der Waals surface area contributed by atoms with Crippen LogP contribution in [0.15, 0.2) is 53.4 Å². The van der Waals surface area contributed by atoms with Gasteiger partial charge in [0, 0.05) is 11.5 Å². The van der Waals surface area contributed by atoms with E-state index in [0.29, 0.717) is 12.4 Å². The number of rotatable bonds is 7. The van der Waals surface area contributed by atoms with Crippen LogP contribution in [0.25, 0.3) is 0 Å². The lowest BCUT2D eigenvalue weighted by atomic mass is 10.1. The van der Waals surface area contributed by atoms with Crippen LogP contribution in [0.2, 0.25) is 0 Å². The van der Waals surface area contributed by atoms with Crippen molar-refractivity contribution in [1.82, 2.24) is 0 Å². The predicted molar refractivity (Wildman–Crippen MR) is 90.7 cm³/mol. The van der Waals surface area contributed by atoms with Crippen molar-refractivity contribution in [2.24, 2.45) is 5.14 Å². The third-order valence-electron chi connectivity index (χ3n) is 3.17. The Morgan fingerprint density at radius 1 is 1.09 bits per heavy atom. The molecule has 0 saturated carbocycles. The maximum Gasteiger partial charge on any atom is 0.238 e. The van der Waals surface area contributed by atoms with Gasteiger partial charge in [0.05, 0.1) is 11.5 Å². The Labute approximate surface area is 135 Å². The molecular weight excluding hydrogens is 318 g/mol. The highest BCUT2D eigenvalue weighted by Crippen LogP contribution is 2.17. The van der Waals surface area contributed by atoms with E-state index in [1.165, 1.54) is 23.3 Å². The van der Waals surface area contributed by atoms with Gasteiger partial charge < -0.3 is 4.74 Å². The summed E-state index contributed by atoms with van der Waals surface area (Å²) in [4.78, 5) is 0.0915. The first kappa shape index (κ1) is 16.9. The number of nitrogens with two attached hydrogens (primary N) is 1. The minimum absolute atomic E-state index is 0.0915. The van der Waals surface area contributed by atoms with Gasteiger partial charge in [0.2, 0.25) is 10.0 Å². The van der Waals surface area contributed by atoms with E-state index in [9.17, 15) is 8.42 Å². The Balaban J connectivity index is 1.74. The number of ether oxygens (including phenoxy) is 1. The van der Waals surface area contributed by atoms with Crippen LogP contribution in [-0.4, -0.2) is 20.8 Å². The lowest BCUT2D eigenvalue weighted by molar-refractivity contribution is 0.343. The molecule has 0 atom stereocenters. The van der Waals surface area contributed by atoms with Crippen molar-refractivity contribution < 1.29 is 13.2 Å². The maximum absolute atomic E-state index is 11.1. The smallest absolute Gasteiger partial charge is 0.238 e. The van der Waals surface area contributed by atoms with Gasteiger partial charge in [-0.05, 0) is 42.3 Å². The lowest BCUT2D eigenvalue weighted by Crippen LogP contribution is -2.11. The summed E-state index contributed by atoms with van der Waals surface area (Å²) in [5, 5.41) is 5.04. The van der Waals surface area contributed by atoms with Gasteiger partial charge >= 0.3 is 0 Å². The van der Waals surface area contributed by atoms with Crippen LogP contribution < -0.4 is 9.88 Å². The van der Waals surface area contributed by atoms with Crippen molar-refractivity contribution in [1.29, 1.82) is 0 Å². The first-order chi connectivity index (χ1) is 10.5. The third kappa shape index (κ3) is 5.05. The standard InChI is InChI=1S/C16H19NO3S2/c1-13-4-2-3-5-14(13)12-21-11-10-20-15-6-8-16(9-7-15)22(17,18)19/h2-9H,10-12H2,1H3,(H2,17,18,19). The molecule has 0 saturated heterocycles. The summed E-state index contributed by atoms with van der Waals surface area (Å²) in [6.45, 7) is 2.69. The molecule has 4 nitrogen and oxygen atoms in total. The Bertz CT molecular complexity index is 712. The van der Waals surface area contributed by atoms with Crippen LogP contribution in [0, 0.1) is 6.92 Å². The minimum atomic E-state index is -3.64. The van der Waals surface area contributed by atoms with Gasteiger partial charge in [-0.2, -0.15) is 11.8 Å². The van der Waals surface area contributed by atoms with Crippen molar-refractivity contribution in [3.05, 3.63) is 59.7 Å². The van der Waals surface area contributed by atoms with Crippen LogP contribution in [0.1, 0.15) is 11.1 Å². The molecule has 22 heavy (non-hydrogen) atoms. The average Bonchev–Trinajstić information content (AvgIpc) is 2.48. The van der Waals surface area contributed by atoms with Gasteiger partial charge in [0.15, 0.2) is 0 Å². The largest absolute Gasteiger partial charge is 0.493 e. The minimum Gasteiger partial charge on any atom is -0.493 e. The summed E-state index contributed by atoms with van der Waals surface area (Å²) < 4.78 is 27.9. The van der Waals surface area contributed by atoms with E-state index >= 15 is 0 Å². The molecule has 0 unspecified atom stereocenters. The summed E-state index contributed by atoms with van der Waals surface area (Å²) in [6, 6.07) is 14.5. The Morgan fingerprint density at radius 3 is 2.41 bits per heavy atom. The second-order valence-corrected chi connectivity index (χ2v) is 7.51. The molecule has 0 aromatic heterocycles. The molecule has 6 heteroatoms. The zero-order valence-corrected chi connectivity index (χ0v) is 14.0. The van der Waals surface area contributed by atoms with Gasteiger partial charge in [0.25, 0.3) is 0 Å². The van der Waals surface area contributed by atoms with Gasteiger partial charge in [-0.3, -0.25) is 0 Å². The number of benzene rings is 2. The fourth-order valence-electron chi connectivity index (χ4n) is 1.90. The summed E-state index contributed by atoms with van der Waals surface area (Å²) in [5.74, 6) is 2.47. The number of hydrogen-bond acceptors (Lipinski definition) is 4. The molecule has 2 aromatic carbocycles. The van der Waals surface area contributed by atoms with Gasteiger partial charge in [-0.15, -0.1) is 0 Å². The van der Waals surface area contributed by atoms with E-state index in [0.717, 1.165) is 11.5 Å². The van der Waals surface area contributed by atoms with Crippen molar-refractivity contribution in [2.45, 2.75) is 17.6 Å². The van der Waals surface area contributed by atoms with Crippen molar-refractivity contribution in [3.8, 4) is 5.75 Å². The second-order valence-electron chi connectivity index (χ2n) is 4.84. The van der Waals surface area contributed by atoms with E-state index in [1.807, 2.05) is 12.1 Å². The molecule has 0 spiro atoms. The molecule has 2 aromatic rings. The van der Waals surface area contributed by atoms with Gasteiger partial charge in [-0.1, -0.05) is 24.3 Å². The zero-order valence-electron chi connectivity index (χ0n) is 12.4. The molecule has 0 heterocycles. The second kappa shape index (κ2) is 7.67. The topological polar surface area (TPSA) is 69.4 Å². The highest BCUT2D eigenvalue weighted by atomic mass is 32.2. The van der Waals surface area contributed by atoms with E-state index in [2.05, 4.69) is 19.1 Å². The summed E-state index contributed by atoms with van der Waals surface area (Å²) >= 11 is 1.81. The van der Waals surface area contributed by atoms with Gasteiger partial charge in [-0.25, -0.2) is 13.6 Å². The fraction of sp³-hybridized carbons (Fsp3) is 0.250. The summed E-state index contributed by atoms with van der Waals surface area (Å²) in [6.07, 6.45) is 0. The first-order valence-corrected chi connectivity index (χ1v) is 9.55. The number of aryl methyl sites for hydroxylation is 1. The molecule has 2 N–H and O–H groups in total. The molecule has 2 rings (SSSR count).